The summed E-state index contributed by atoms with van der Waals surface area (Å²) < 4.78 is 24.8. The van der Waals surface area contributed by atoms with Crippen LogP contribution in [0.1, 0.15) is 37.1 Å². The van der Waals surface area contributed by atoms with Crippen molar-refractivity contribution in [3.63, 3.8) is 0 Å². The van der Waals surface area contributed by atoms with Crippen LogP contribution < -0.4 is 0 Å². The lowest BCUT2D eigenvalue weighted by molar-refractivity contribution is -0.139. The molecule has 1 aromatic carbocycles. The number of carbonyl (C=O) groups is 1. The maximum atomic E-state index is 13.1. The van der Waals surface area contributed by atoms with Crippen LogP contribution in [0.25, 0.3) is 10.9 Å². The van der Waals surface area contributed by atoms with Crippen LogP contribution in [0.5, 0.6) is 0 Å². The summed E-state index contributed by atoms with van der Waals surface area (Å²) >= 11 is 0. The molecule has 1 N–H and O–H groups in total. The molecule has 1 saturated heterocycles. The summed E-state index contributed by atoms with van der Waals surface area (Å²) in [6.45, 7) is 3.68. The summed E-state index contributed by atoms with van der Waals surface area (Å²) in [4.78, 5) is 18.6. The Balaban J connectivity index is 1.51. The van der Waals surface area contributed by atoms with Gasteiger partial charge in [-0.25, -0.2) is 12.7 Å². The number of carbonyl (C=O) groups excluding carboxylic acids is 1. The predicted octanol–water partition coefficient (Wildman–Crippen LogP) is 2.29. The summed E-state index contributed by atoms with van der Waals surface area (Å²) in [6, 6.07) is 8.30. The van der Waals surface area contributed by atoms with Crippen LogP contribution in [0.3, 0.4) is 0 Å². The topological polar surface area (TPSA) is 73.5 Å². The van der Waals surface area contributed by atoms with Crippen LogP contribution >= 0.6 is 0 Å². The lowest BCUT2D eigenvalue weighted by atomic mass is 9.92. The summed E-state index contributed by atoms with van der Waals surface area (Å²) in [5.41, 5.74) is 3.59. The number of rotatable bonds is 2. The summed E-state index contributed by atoms with van der Waals surface area (Å²) in [5.74, 6) is 0.0799. The highest BCUT2D eigenvalue weighted by Crippen LogP contribution is 2.35. The Kier molecular flexibility index (Phi) is 4.31. The predicted molar refractivity (Wildman–Crippen MR) is 101 cm³/mol. The Hall–Kier alpha value is -1.86. The molecule has 2 aliphatic rings. The Morgan fingerprint density at radius 2 is 1.85 bits per heavy atom. The molecule has 0 bridgehead atoms. The molecule has 1 unspecified atom stereocenters. The first kappa shape index (κ1) is 17.5. The van der Waals surface area contributed by atoms with Gasteiger partial charge in [-0.1, -0.05) is 18.2 Å². The number of fused-ring (bicyclic) bond motifs is 3. The number of benzene rings is 1. The number of piperidine rings is 1. The molecule has 1 atom stereocenters. The molecule has 6 nitrogen and oxygen atoms in total. The van der Waals surface area contributed by atoms with Crippen molar-refractivity contribution in [1.82, 2.24) is 14.2 Å². The quantitative estimate of drug-likeness (QED) is 0.875. The van der Waals surface area contributed by atoms with Crippen LogP contribution in [0.4, 0.5) is 0 Å². The minimum absolute atomic E-state index is 0.0200. The SMILES string of the molecule is CC1c2[nH]c3ccccc3c2CCN1C(=O)C1CCN(S(C)(=O)=O)CC1. The van der Waals surface area contributed by atoms with E-state index in [0.717, 1.165) is 24.2 Å². The zero-order chi connectivity index (χ0) is 18.5. The highest BCUT2D eigenvalue weighted by molar-refractivity contribution is 7.88. The lowest BCUT2D eigenvalue weighted by Gasteiger charge is -2.38. The second-order valence-corrected chi connectivity index (χ2v) is 9.44. The molecule has 1 amide bonds. The van der Waals surface area contributed by atoms with Crippen LogP contribution in [-0.4, -0.2) is 54.4 Å². The first-order valence-corrected chi connectivity index (χ1v) is 11.1. The van der Waals surface area contributed by atoms with Crippen molar-refractivity contribution in [3.8, 4) is 0 Å². The van der Waals surface area contributed by atoms with Crippen molar-refractivity contribution in [2.75, 3.05) is 25.9 Å². The molecule has 0 radical (unpaired) electrons. The molecule has 7 heteroatoms. The second kappa shape index (κ2) is 6.39. The summed E-state index contributed by atoms with van der Waals surface area (Å²) in [7, 11) is -3.16. The first-order chi connectivity index (χ1) is 12.4. The summed E-state index contributed by atoms with van der Waals surface area (Å²) in [5, 5.41) is 1.25. The molecule has 4 rings (SSSR count). The van der Waals surface area contributed by atoms with Crippen molar-refractivity contribution in [1.29, 1.82) is 0 Å². The van der Waals surface area contributed by atoms with Gasteiger partial charge in [0.05, 0.1) is 12.3 Å². The van der Waals surface area contributed by atoms with Gasteiger partial charge in [-0.05, 0) is 37.8 Å². The third-order valence-electron chi connectivity index (χ3n) is 5.89. The van der Waals surface area contributed by atoms with E-state index in [1.807, 2.05) is 17.0 Å². The fourth-order valence-electron chi connectivity index (χ4n) is 4.40. The van der Waals surface area contributed by atoms with E-state index in [2.05, 4.69) is 24.0 Å². The number of hydrogen-bond donors (Lipinski definition) is 1. The smallest absolute Gasteiger partial charge is 0.226 e. The van der Waals surface area contributed by atoms with E-state index in [1.165, 1.54) is 21.5 Å². The van der Waals surface area contributed by atoms with Gasteiger partial charge >= 0.3 is 0 Å². The van der Waals surface area contributed by atoms with Crippen molar-refractivity contribution in [3.05, 3.63) is 35.5 Å². The molecule has 1 aromatic heterocycles. The zero-order valence-corrected chi connectivity index (χ0v) is 16.1. The molecular weight excluding hydrogens is 350 g/mol. The Labute approximate surface area is 154 Å². The van der Waals surface area contributed by atoms with Gasteiger partial charge in [-0.2, -0.15) is 0 Å². The van der Waals surface area contributed by atoms with E-state index in [-0.39, 0.29) is 17.9 Å². The summed E-state index contributed by atoms with van der Waals surface area (Å²) in [6.07, 6.45) is 3.31. The highest BCUT2D eigenvalue weighted by Gasteiger charge is 2.36. The second-order valence-electron chi connectivity index (χ2n) is 7.46. The molecule has 26 heavy (non-hydrogen) atoms. The number of amides is 1. The van der Waals surface area contributed by atoms with Gasteiger partial charge in [0.1, 0.15) is 0 Å². The number of aromatic amines is 1. The Morgan fingerprint density at radius 1 is 1.15 bits per heavy atom. The van der Waals surface area contributed by atoms with E-state index >= 15 is 0 Å². The number of aromatic nitrogens is 1. The molecule has 140 valence electrons. The van der Waals surface area contributed by atoms with Crippen LogP contribution in [-0.2, 0) is 21.2 Å². The molecular formula is C19H25N3O3S. The van der Waals surface area contributed by atoms with E-state index in [9.17, 15) is 13.2 Å². The molecule has 3 heterocycles. The van der Waals surface area contributed by atoms with E-state index in [1.54, 1.807) is 0 Å². The van der Waals surface area contributed by atoms with Gasteiger partial charge in [0.25, 0.3) is 0 Å². The monoisotopic (exact) mass is 375 g/mol. The molecule has 0 spiro atoms. The van der Waals surface area contributed by atoms with Crippen molar-refractivity contribution in [2.24, 2.45) is 5.92 Å². The Morgan fingerprint density at radius 3 is 2.54 bits per heavy atom. The van der Waals surface area contributed by atoms with Gasteiger partial charge in [0.2, 0.25) is 15.9 Å². The van der Waals surface area contributed by atoms with Gasteiger partial charge in [-0.3, -0.25) is 4.79 Å². The van der Waals surface area contributed by atoms with Crippen molar-refractivity contribution >= 4 is 26.8 Å². The van der Waals surface area contributed by atoms with Gasteiger partial charge in [-0.15, -0.1) is 0 Å². The number of H-pyrrole nitrogens is 1. The van der Waals surface area contributed by atoms with Crippen LogP contribution in [0.15, 0.2) is 24.3 Å². The van der Waals surface area contributed by atoms with Gasteiger partial charge in [0.15, 0.2) is 0 Å². The third kappa shape index (κ3) is 2.93. The highest BCUT2D eigenvalue weighted by atomic mass is 32.2. The van der Waals surface area contributed by atoms with Crippen molar-refractivity contribution in [2.45, 2.75) is 32.2 Å². The number of sulfonamides is 1. The number of para-hydroxylation sites is 1. The normalized spacial score (nSPS) is 22.5. The van der Waals surface area contributed by atoms with E-state index < -0.39 is 10.0 Å². The zero-order valence-electron chi connectivity index (χ0n) is 15.2. The number of nitrogens with one attached hydrogen (secondary N) is 1. The molecule has 0 saturated carbocycles. The number of nitrogens with zero attached hydrogens (tertiary/aromatic N) is 2. The van der Waals surface area contributed by atoms with E-state index in [0.29, 0.717) is 25.9 Å². The fraction of sp³-hybridized carbons (Fsp3) is 0.526. The maximum Gasteiger partial charge on any atom is 0.226 e. The molecule has 0 aliphatic carbocycles. The average molecular weight is 375 g/mol. The van der Waals surface area contributed by atoms with Crippen molar-refractivity contribution < 1.29 is 13.2 Å². The minimum atomic E-state index is -3.16. The van der Waals surface area contributed by atoms with Gasteiger partial charge < -0.3 is 9.88 Å². The lowest BCUT2D eigenvalue weighted by Crippen LogP contribution is -2.46. The van der Waals surface area contributed by atoms with Crippen LogP contribution in [0.2, 0.25) is 0 Å². The molecule has 2 aliphatic heterocycles. The minimum Gasteiger partial charge on any atom is -0.356 e. The molecule has 2 aromatic rings. The third-order valence-corrected chi connectivity index (χ3v) is 7.19. The van der Waals surface area contributed by atoms with Crippen LogP contribution in [0, 0.1) is 5.92 Å². The fourth-order valence-corrected chi connectivity index (χ4v) is 5.27. The maximum absolute atomic E-state index is 13.1. The average Bonchev–Trinajstić information content (AvgIpc) is 3.01. The first-order valence-electron chi connectivity index (χ1n) is 9.21. The van der Waals surface area contributed by atoms with E-state index in [4.69, 9.17) is 0 Å². The number of hydrogen-bond acceptors (Lipinski definition) is 3. The molecule has 1 fully saturated rings. The van der Waals surface area contributed by atoms with Gasteiger partial charge in [0, 0.05) is 42.1 Å². The Bertz CT molecular complexity index is 942. The standard InChI is InChI=1S/C19H25N3O3S/c1-13-18-16(15-5-3-4-6-17(15)20-18)9-12-22(13)19(23)14-7-10-21(11-8-14)26(2,24)25/h3-6,13-14,20H,7-12H2,1-2H3. The largest absolute Gasteiger partial charge is 0.356 e.